The lowest BCUT2D eigenvalue weighted by atomic mass is 9.92. The van der Waals surface area contributed by atoms with Crippen molar-refractivity contribution in [1.29, 1.82) is 0 Å². The van der Waals surface area contributed by atoms with Gasteiger partial charge in [-0.2, -0.15) is 0 Å². The Labute approximate surface area is 312 Å². The van der Waals surface area contributed by atoms with Crippen LogP contribution in [0, 0.1) is 11.8 Å². The number of ketones is 2. The van der Waals surface area contributed by atoms with E-state index in [1.54, 1.807) is 20.8 Å². The lowest BCUT2D eigenvalue weighted by Gasteiger charge is -2.22. The molecule has 0 saturated heterocycles. The number of unbranched alkanes of at least 4 members (excludes halogenated alkanes) is 2. The highest BCUT2D eigenvalue weighted by molar-refractivity contribution is 5.92. The number of Topliss-reactive ketones (excluding diaryl/α,β-unsaturated/α-hetero) is 2. The molecule has 1 N–H and O–H groups in total. The van der Waals surface area contributed by atoms with Crippen molar-refractivity contribution in [3.05, 3.63) is 95.6 Å². The third-order valence-electron chi connectivity index (χ3n) is 9.18. The van der Waals surface area contributed by atoms with E-state index >= 15 is 0 Å². The highest BCUT2D eigenvalue weighted by atomic mass is 16.6. The van der Waals surface area contributed by atoms with Gasteiger partial charge < -0.3 is 19.5 Å². The normalized spacial score (nSPS) is 13.2. The van der Waals surface area contributed by atoms with Crippen LogP contribution in [0.5, 0.6) is 0 Å². The fourth-order valence-corrected chi connectivity index (χ4v) is 6.49. The first-order valence-corrected chi connectivity index (χ1v) is 18.4. The van der Waals surface area contributed by atoms with Crippen LogP contribution in [0.3, 0.4) is 0 Å². The minimum absolute atomic E-state index is 0.0577. The summed E-state index contributed by atoms with van der Waals surface area (Å²) in [6, 6.07) is 25.3. The maximum Gasteiger partial charge on any atom is 0.307 e. The van der Waals surface area contributed by atoms with Crippen LogP contribution in [0.15, 0.2) is 78.9 Å². The van der Waals surface area contributed by atoms with Gasteiger partial charge in [0.2, 0.25) is 5.91 Å². The average molecular weight is 726 g/mol. The molecule has 0 aliphatic heterocycles. The Morgan fingerprint density at radius 3 is 1.91 bits per heavy atom. The monoisotopic (exact) mass is 725 g/mol. The van der Waals surface area contributed by atoms with Gasteiger partial charge in [0.15, 0.2) is 5.78 Å². The Bertz CT molecular complexity index is 1700. The van der Waals surface area contributed by atoms with Crippen LogP contribution in [0.4, 0.5) is 0 Å². The number of fused-ring (bicyclic) bond motifs is 3. The number of esters is 3. The lowest BCUT2D eigenvalue weighted by Crippen LogP contribution is -2.38. The molecule has 0 spiro atoms. The Morgan fingerprint density at radius 1 is 0.679 bits per heavy atom. The van der Waals surface area contributed by atoms with Crippen LogP contribution in [0.25, 0.3) is 11.1 Å². The average Bonchev–Trinajstić information content (AvgIpc) is 3.44. The van der Waals surface area contributed by atoms with E-state index in [0.717, 1.165) is 27.8 Å². The van der Waals surface area contributed by atoms with Crippen LogP contribution in [-0.4, -0.2) is 54.1 Å². The standard InChI is InChI=1S/C43H51NO9/c1-29(45)31(17-9-6-10-22-39(47)51-27-30-15-7-5-8-16-30)23-33(46)26-44-42(50)32(25-41(49)53-43(2,3)4)24-40(48)52-28-38-36-20-13-11-18-34(36)35-19-12-14-21-37(35)38/h5,7-8,11-16,18-21,31-32,38H,6,9-10,17,22-28H2,1-4H3,(H,44,50)/t31-,32+/m1/s1. The number of hydrogen-bond donors (Lipinski definition) is 1. The molecule has 282 valence electrons. The predicted octanol–water partition coefficient (Wildman–Crippen LogP) is 7.05. The maximum atomic E-state index is 13.3. The van der Waals surface area contributed by atoms with Crippen LogP contribution in [0.2, 0.25) is 0 Å². The zero-order chi connectivity index (χ0) is 38.4. The largest absolute Gasteiger partial charge is 0.465 e. The van der Waals surface area contributed by atoms with Crippen molar-refractivity contribution in [1.82, 2.24) is 5.32 Å². The zero-order valence-corrected chi connectivity index (χ0v) is 31.2. The molecule has 10 nitrogen and oxygen atoms in total. The molecule has 0 radical (unpaired) electrons. The predicted molar refractivity (Wildman–Crippen MR) is 199 cm³/mol. The summed E-state index contributed by atoms with van der Waals surface area (Å²) in [6.07, 6.45) is 1.86. The Kier molecular flexibility index (Phi) is 15.1. The Morgan fingerprint density at radius 2 is 1.28 bits per heavy atom. The van der Waals surface area contributed by atoms with Gasteiger partial charge >= 0.3 is 17.9 Å². The molecule has 1 aliphatic rings. The minimum Gasteiger partial charge on any atom is -0.465 e. The quantitative estimate of drug-likeness (QED) is 0.0736. The van der Waals surface area contributed by atoms with Gasteiger partial charge in [0.1, 0.15) is 24.6 Å². The number of rotatable bonds is 20. The molecule has 3 aromatic rings. The van der Waals surface area contributed by atoms with E-state index in [2.05, 4.69) is 5.32 Å². The highest BCUT2D eigenvalue weighted by Gasteiger charge is 2.32. The van der Waals surface area contributed by atoms with Gasteiger partial charge in [-0.3, -0.25) is 28.8 Å². The molecule has 0 bridgehead atoms. The topological polar surface area (TPSA) is 142 Å². The molecule has 10 heteroatoms. The molecular formula is C43H51NO9. The maximum absolute atomic E-state index is 13.3. The van der Waals surface area contributed by atoms with Crippen molar-refractivity contribution in [2.24, 2.45) is 11.8 Å². The van der Waals surface area contributed by atoms with Crippen molar-refractivity contribution >= 4 is 35.4 Å². The van der Waals surface area contributed by atoms with Gasteiger partial charge in [-0.15, -0.1) is 0 Å². The molecule has 0 aromatic heterocycles. The molecule has 3 aromatic carbocycles. The van der Waals surface area contributed by atoms with E-state index in [4.69, 9.17) is 14.2 Å². The lowest BCUT2D eigenvalue weighted by molar-refractivity contribution is -0.158. The van der Waals surface area contributed by atoms with Crippen molar-refractivity contribution in [2.45, 2.75) is 97.2 Å². The number of carbonyl (C=O) groups excluding carboxylic acids is 6. The molecule has 0 saturated carbocycles. The SMILES string of the molecule is CC(=O)[C@H](CCCCCC(=O)OCc1ccccc1)CC(=O)CNC(=O)[C@@H](CC(=O)OCC1c2ccccc2-c2ccccc21)CC(=O)OC(C)(C)C. The van der Waals surface area contributed by atoms with Crippen molar-refractivity contribution in [2.75, 3.05) is 13.2 Å². The number of hydrogen-bond acceptors (Lipinski definition) is 9. The Balaban J connectivity index is 1.25. The second-order valence-electron chi connectivity index (χ2n) is 14.6. The first kappa shape index (κ1) is 40.6. The van der Waals surface area contributed by atoms with Crippen LogP contribution < -0.4 is 5.32 Å². The summed E-state index contributed by atoms with van der Waals surface area (Å²) in [4.78, 5) is 76.6. The summed E-state index contributed by atoms with van der Waals surface area (Å²) in [5.41, 5.74) is 4.38. The molecule has 0 fully saturated rings. The number of amides is 1. The second kappa shape index (κ2) is 19.6. The van der Waals surface area contributed by atoms with E-state index in [-0.39, 0.29) is 68.9 Å². The smallest absolute Gasteiger partial charge is 0.307 e. The van der Waals surface area contributed by atoms with E-state index in [1.165, 1.54) is 6.92 Å². The molecule has 0 unspecified atom stereocenters. The van der Waals surface area contributed by atoms with Gasteiger partial charge in [-0.05, 0) is 68.4 Å². The van der Waals surface area contributed by atoms with Gasteiger partial charge in [0.25, 0.3) is 0 Å². The molecule has 2 atom stereocenters. The zero-order valence-electron chi connectivity index (χ0n) is 31.2. The number of ether oxygens (including phenoxy) is 3. The van der Waals surface area contributed by atoms with Crippen molar-refractivity contribution < 1.29 is 43.0 Å². The van der Waals surface area contributed by atoms with Gasteiger partial charge in [-0.25, -0.2) is 0 Å². The van der Waals surface area contributed by atoms with E-state index in [0.29, 0.717) is 25.7 Å². The van der Waals surface area contributed by atoms with E-state index in [9.17, 15) is 28.8 Å². The number of carbonyl (C=O) groups is 6. The van der Waals surface area contributed by atoms with Crippen molar-refractivity contribution in [3.63, 3.8) is 0 Å². The first-order valence-electron chi connectivity index (χ1n) is 18.4. The van der Waals surface area contributed by atoms with Crippen LogP contribution in [0.1, 0.15) is 102 Å². The Hall–Kier alpha value is -5.12. The molecule has 1 aliphatic carbocycles. The summed E-state index contributed by atoms with van der Waals surface area (Å²) >= 11 is 0. The molecule has 1 amide bonds. The van der Waals surface area contributed by atoms with Crippen LogP contribution >= 0.6 is 0 Å². The number of benzene rings is 3. The van der Waals surface area contributed by atoms with Gasteiger partial charge in [0, 0.05) is 24.7 Å². The van der Waals surface area contributed by atoms with Gasteiger partial charge in [-0.1, -0.05) is 91.7 Å². The third kappa shape index (κ3) is 13.1. The summed E-state index contributed by atoms with van der Waals surface area (Å²) in [5.74, 6) is -4.55. The highest BCUT2D eigenvalue weighted by Crippen LogP contribution is 2.44. The second-order valence-corrected chi connectivity index (χ2v) is 14.6. The molecular weight excluding hydrogens is 674 g/mol. The third-order valence-corrected chi connectivity index (χ3v) is 9.18. The molecule has 0 heterocycles. The minimum atomic E-state index is -1.13. The van der Waals surface area contributed by atoms with E-state index < -0.39 is 35.3 Å². The van der Waals surface area contributed by atoms with Crippen LogP contribution in [-0.2, 0) is 49.6 Å². The van der Waals surface area contributed by atoms with E-state index in [1.807, 2.05) is 78.9 Å². The van der Waals surface area contributed by atoms with Gasteiger partial charge in [0.05, 0.1) is 25.3 Å². The molecule has 4 rings (SSSR count). The summed E-state index contributed by atoms with van der Waals surface area (Å²) in [7, 11) is 0. The summed E-state index contributed by atoms with van der Waals surface area (Å²) < 4.78 is 16.4. The summed E-state index contributed by atoms with van der Waals surface area (Å²) in [6.45, 7) is 6.48. The van der Waals surface area contributed by atoms with Crippen molar-refractivity contribution in [3.8, 4) is 11.1 Å². The number of nitrogens with one attached hydrogen (secondary N) is 1. The fourth-order valence-electron chi connectivity index (χ4n) is 6.49. The fraction of sp³-hybridized carbons (Fsp3) is 0.442. The summed E-state index contributed by atoms with van der Waals surface area (Å²) in [5, 5.41) is 2.57. The first-order chi connectivity index (χ1) is 25.3. The molecule has 53 heavy (non-hydrogen) atoms.